The van der Waals surface area contributed by atoms with Gasteiger partial charge in [-0.1, -0.05) is 37.6 Å². The number of rotatable bonds is 11. The van der Waals surface area contributed by atoms with Crippen LogP contribution in [0.3, 0.4) is 0 Å². The summed E-state index contributed by atoms with van der Waals surface area (Å²) in [7, 11) is 1.79. The Hall–Kier alpha value is -6.10. The molecule has 252 valence electrons. The van der Waals surface area contributed by atoms with Crippen molar-refractivity contribution in [3.05, 3.63) is 133 Å². The summed E-state index contributed by atoms with van der Waals surface area (Å²) in [6.45, 7) is 2.77. The lowest BCUT2D eigenvalue weighted by atomic mass is 10.1. The van der Waals surface area contributed by atoms with Gasteiger partial charge in [0.25, 0.3) is 11.8 Å². The van der Waals surface area contributed by atoms with Gasteiger partial charge in [0.15, 0.2) is 0 Å². The second kappa shape index (κ2) is 14.6. The Labute approximate surface area is 290 Å². The molecule has 1 saturated heterocycles. The number of hydrogen-bond donors (Lipinski definition) is 2. The van der Waals surface area contributed by atoms with E-state index in [-0.39, 0.29) is 23.9 Å². The highest BCUT2D eigenvalue weighted by molar-refractivity contribution is 5.93. The number of ether oxygens (including phenoxy) is 1. The van der Waals surface area contributed by atoms with Crippen molar-refractivity contribution in [3.63, 3.8) is 0 Å². The molecule has 0 bridgehead atoms. The maximum Gasteiger partial charge on any atom is 0.273 e. The highest BCUT2D eigenvalue weighted by Crippen LogP contribution is 2.34. The Kier molecular flexibility index (Phi) is 9.45. The Bertz CT molecular complexity index is 2060. The quantitative estimate of drug-likeness (QED) is 0.145. The van der Waals surface area contributed by atoms with Crippen LogP contribution in [0.4, 0.5) is 0 Å². The van der Waals surface area contributed by atoms with Gasteiger partial charge < -0.3 is 24.5 Å². The summed E-state index contributed by atoms with van der Waals surface area (Å²) in [6.07, 6.45) is 10.3. The van der Waals surface area contributed by atoms with E-state index in [1.165, 1.54) is 0 Å². The highest BCUT2D eigenvalue weighted by Gasteiger charge is 2.33. The van der Waals surface area contributed by atoms with Gasteiger partial charge in [-0.3, -0.25) is 19.6 Å². The van der Waals surface area contributed by atoms with E-state index in [0.29, 0.717) is 29.4 Å². The molecule has 2 amide bonds. The second-order valence-corrected chi connectivity index (χ2v) is 12.3. The van der Waals surface area contributed by atoms with Gasteiger partial charge in [0.2, 0.25) is 0 Å². The first-order valence-electron chi connectivity index (χ1n) is 16.9. The van der Waals surface area contributed by atoms with Crippen molar-refractivity contribution in [2.24, 2.45) is 0 Å². The van der Waals surface area contributed by atoms with Gasteiger partial charge in [-0.05, 0) is 85.5 Å². The monoisotopic (exact) mass is 666 g/mol. The molecule has 2 aromatic carbocycles. The van der Waals surface area contributed by atoms with Gasteiger partial charge in [-0.2, -0.15) is 0 Å². The number of carbonyl (C=O) groups is 2. The lowest BCUT2D eigenvalue weighted by Gasteiger charge is -2.26. The number of imidazole rings is 2. The zero-order valence-corrected chi connectivity index (χ0v) is 28.0. The molecule has 2 atom stereocenters. The molecular weight excluding hydrogens is 628 g/mol. The highest BCUT2D eigenvalue weighted by atomic mass is 16.5. The van der Waals surface area contributed by atoms with Crippen molar-refractivity contribution in [3.8, 4) is 34.0 Å². The average molecular weight is 667 g/mol. The summed E-state index contributed by atoms with van der Waals surface area (Å²) in [5.41, 5.74) is 4.43. The number of carbonyl (C=O) groups excluding carboxylic acids is 2. The lowest BCUT2D eigenvalue weighted by molar-refractivity contribution is 0.0706. The lowest BCUT2D eigenvalue weighted by Crippen LogP contribution is -2.32. The molecule has 0 spiro atoms. The summed E-state index contributed by atoms with van der Waals surface area (Å²) in [5.74, 6) is 2.64. The number of likely N-dealkylation sites (tertiary alicyclic amines) is 1. The van der Waals surface area contributed by atoms with Gasteiger partial charge in [0.1, 0.15) is 34.5 Å². The molecule has 6 aromatic rings. The normalized spacial score (nSPS) is 14.8. The summed E-state index contributed by atoms with van der Waals surface area (Å²) in [6, 6.07) is 26.0. The Balaban J connectivity index is 1.02. The van der Waals surface area contributed by atoms with Crippen molar-refractivity contribution in [2.75, 3.05) is 13.6 Å². The zero-order valence-electron chi connectivity index (χ0n) is 28.0. The molecule has 0 aliphatic carbocycles. The van der Waals surface area contributed by atoms with Crippen LogP contribution in [-0.2, 0) is 0 Å². The minimum Gasteiger partial charge on any atom is -0.457 e. The van der Waals surface area contributed by atoms with Crippen LogP contribution in [-0.4, -0.2) is 65.1 Å². The molecule has 1 aliphatic rings. The fourth-order valence-electron chi connectivity index (χ4n) is 6.40. The first-order valence-corrected chi connectivity index (χ1v) is 16.9. The van der Waals surface area contributed by atoms with Crippen molar-refractivity contribution in [1.29, 1.82) is 0 Å². The van der Waals surface area contributed by atoms with Crippen LogP contribution in [0, 0.1) is 0 Å². The first kappa shape index (κ1) is 32.4. The Morgan fingerprint density at radius 1 is 0.840 bits per heavy atom. The van der Waals surface area contributed by atoms with Crippen LogP contribution in [0.1, 0.15) is 77.3 Å². The van der Waals surface area contributed by atoms with Gasteiger partial charge in [0.05, 0.1) is 35.9 Å². The molecule has 4 aromatic heterocycles. The topological polar surface area (TPSA) is 133 Å². The molecule has 0 radical (unpaired) electrons. The van der Waals surface area contributed by atoms with Crippen LogP contribution in [0.25, 0.3) is 22.5 Å². The zero-order chi connectivity index (χ0) is 34.5. The number of nitrogens with one attached hydrogen (secondary N) is 2. The van der Waals surface area contributed by atoms with Gasteiger partial charge in [-0.25, -0.2) is 9.97 Å². The van der Waals surface area contributed by atoms with E-state index in [4.69, 9.17) is 4.74 Å². The Morgan fingerprint density at radius 3 is 2.32 bits per heavy atom. The van der Waals surface area contributed by atoms with E-state index in [0.717, 1.165) is 59.8 Å². The maximum absolute atomic E-state index is 13.2. The maximum atomic E-state index is 13.2. The average Bonchev–Trinajstić information content (AvgIpc) is 3.96. The van der Waals surface area contributed by atoms with Crippen molar-refractivity contribution in [2.45, 2.75) is 44.7 Å². The molecule has 1 fully saturated rings. The standard InChI is InChI=1S/C39H38N8O3/c1-3-10-34(46(2)38(48)30-13-4-6-20-40-30)36-42-25-33(45-36)27-11-8-12-29(23-27)50-28-18-16-26(17-19-28)32-24-43-37(44-32)35-15-9-22-47(35)39(49)31-14-5-7-21-41-31/h4-8,11-14,16-21,23-25,34-35H,3,9-10,15,22H2,1-2H3,(H,42,45)(H,43,44)/t34-,35-/m0/s1. The second-order valence-electron chi connectivity index (χ2n) is 12.3. The van der Waals surface area contributed by atoms with E-state index in [2.05, 4.69) is 36.8 Å². The molecule has 7 rings (SSSR count). The summed E-state index contributed by atoms with van der Waals surface area (Å²) < 4.78 is 6.24. The SMILES string of the molecule is CCC[C@@H](c1ncc(-c2cccc(Oc3ccc(-c4cnc([C@@H]5CCCN5C(=O)c5ccccn5)[nH]4)cc3)c2)[nH]1)N(C)C(=O)c1ccccn1. The van der Waals surface area contributed by atoms with E-state index >= 15 is 0 Å². The molecule has 5 heterocycles. The van der Waals surface area contributed by atoms with Crippen molar-refractivity contribution in [1.82, 2.24) is 39.7 Å². The molecule has 11 heteroatoms. The predicted molar refractivity (Wildman–Crippen MR) is 189 cm³/mol. The number of aromatic amines is 2. The van der Waals surface area contributed by atoms with Crippen LogP contribution in [0.2, 0.25) is 0 Å². The first-order chi connectivity index (χ1) is 24.5. The molecule has 11 nitrogen and oxygen atoms in total. The third-order valence-electron chi connectivity index (χ3n) is 9.00. The van der Waals surface area contributed by atoms with E-state index in [1.807, 2.05) is 71.8 Å². The summed E-state index contributed by atoms with van der Waals surface area (Å²) in [5, 5.41) is 0. The van der Waals surface area contributed by atoms with E-state index in [9.17, 15) is 9.59 Å². The number of hydrogen-bond acceptors (Lipinski definition) is 7. The number of aromatic nitrogens is 6. The smallest absolute Gasteiger partial charge is 0.273 e. The summed E-state index contributed by atoms with van der Waals surface area (Å²) in [4.78, 5) is 54.5. The van der Waals surface area contributed by atoms with Gasteiger partial charge in [0, 0.05) is 31.5 Å². The minimum atomic E-state index is -0.224. The number of amides is 2. The third kappa shape index (κ3) is 6.88. The number of H-pyrrole nitrogens is 2. The molecular formula is C39H38N8O3. The van der Waals surface area contributed by atoms with Crippen LogP contribution in [0.5, 0.6) is 11.5 Å². The fraction of sp³-hybridized carbons (Fsp3) is 0.231. The Morgan fingerprint density at radius 2 is 1.58 bits per heavy atom. The molecule has 0 unspecified atom stereocenters. The van der Waals surface area contributed by atoms with Gasteiger partial charge >= 0.3 is 0 Å². The molecule has 1 aliphatic heterocycles. The number of nitrogens with zero attached hydrogens (tertiary/aromatic N) is 6. The fourth-order valence-corrected chi connectivity index (χ4v) is 6.40. The van der Waals surface area contributed by atoms with Crippen LogP contribution >= 0.6 is 0 Å². The largest absolute Gasteiger partial charge is 0.457 e. The molecule has 0 saturated carbocycles. The number of pyridine rings is 2. The number of benzene rings is 2. The van der Waals surface area contributed by atoms with E-state index < -0.39 is 0 Å². The predicted octanol–water partition coefficient (Wildman–Crippen LogP) is 7.64. The molecule has 2 N–H and O–H groups in total. The van der Waals surface area contributed by atoms with Crippen LogP contribution in [0.15, 0.2) is 110 Å². The third-order valence-corrected chi connectivity index (χ3v) is 9.00. The van der Waals surface area contributed by atoms with Crippen molar-refractivity contribution >= 4 is 11.8 Å². The van der Waals surface area contributed by atoms with Gasteiger partial charge in [-0.15, -0.1) is 0 Å². The molecule has 50 heavy (non-hydrogen) atoms. The van der Waals surface area contributed by atoms with Crippen molar-refractivity contribution < 1.29 is 14.3 Å². The van der Waals surface area contributed by atoms with Crippen LogP contribution < -0.4 is 4.74 Å². The minimum absolute atomic E-state index is 0.0778. The van der Waals surface area contributed by atoms with E-state index in [1.54, 1.807) is 54.8 Å². The summed E-state index contributed by atoms with van der Waals surface area (Å²) >= 11 is 0.